The molecule has 0 aromatic carbocycles. The average molecular weight is 193 g/mol. The van der Waals surface area contributed by atoms with E-state index < -0.39 is 0 Å². The number of nitrogens with one attached hydrogen (secondary N) is 1. The quantitative estimate of drug-likeness (QED) is 0.658. The molecule has 0 aliphatic heterocycles. The van der Waals surface area contributed by atoms with Crippen LogP contribution in [0.25, 0.3) is 0 Å². The van der Waals surface area contributed by atoms with Gasteiger partial charge in [0.05, 0.1) is 6.07 Å². The van der Waals surface area contributed by atoms with Gasteiger partial charge in [0.1, 0.15) is 12.2 Å². The molecule has 1 aromatic rings. The van der Waals surface area contributed by atoms with Gasteiger partial charge in [0.15, 0.2) is 0 Å². The minimum atomic E-state index is 0.622. The van der Waals surface area contributed by atoms with Gasteiger partial charge in [-0.1, -0.05) is 0 Å². The molecule has 0 saturated carbocycles. The Bertz CT molecular complexity index is 298. The van der Waals surface area contributed by atoms with Crippen LogP contribution in [0, 0.1) is 11.3 Å². The van der Waals surface area contributed by atoms with Crippen LogP contribution in [0.1, 0.15) is 18.7 Å². The molecular formula is C9H15N5. The molecule has 0 fully saturated rings. The van der Waals surface area contributed by atoms with Gasteiger partial charge in [-0.25, -0.2) is 0 Å². The number of rotatable bonds is 6. The zero-order chi connectivity index (χ0) is 10.2. The topological polar surface area (TPSA) is 66.5 Å². The lowest BCUT2D eigenvalue weighted by Gasteiger charge is -2.02. The summed E-state index contributed by atoms with van der Waals surface area (Å²) in [7, 11) is 1.94. The molecular weight excluding hydrogens is 178 g/mol. The molecule has 0 aliphatic carbocycles. The van der Waals surface area contributed by atoms with E-state index in [-0.39, 0.29) is 0 Å². The highest BCUT2D eigenvalue weighted by Gasteiger charge is 1.98. The van der Waals surface area contributed by atoms with Crippen LogP contribution < -0.4 is 5.32 Å². The van der Waals surface area contributed by atoms with E-state index in [0.29, 0.717) is 6.42 Å². The standard InChI is InChI=1S/C9H15N5/c1-14-8-12-13-9(14)4-7-11-6-3-2-5-10/h8,11H,2-4,6-7H2,1H3. The van der Waals surface area contributed by atoms with Crippen molar-refractivity contribution in [1.82, 2.24) is 20.1 Å². The van der Waals surface area contributed by atoms with Crippen LogP contribution in [0.5, 0.6) is 0 Å². The van der Waals surface area contributed by atoms with Crippen molar-refractivity contribution in [2.24, 2.45) is 7.05 Å². The second-order valence-corrected chi connectivity index (χ2v) is 3.12. The lowest BCUT2D eigenvalue weighted by atomic mass is 10.3. The minimum absolute atomic E-state index is 0.622. The highest BCUT2D eigenvalue weighted by atomic mass is 15.2. The Morgan fingerprint density at radius 3 is 3.07 bits per heavy atom. The third-order valence-corrected chi connectivity index (χ3v) is 1.97. The van der Waals surface area contributed by atoms with Gasteiger partial charge in [0, 0.05) is 26.4 Å². The van der Waals surface area contributed by atoms with Gasteiger partial charge in [-0.2, -0.15) is 5.26 Å². The maximum Gasteiger partial charge on any atom is 0.133 e. The summed E-state index contributed by atoms with van der Waals surface area (Å²) in [5, 5.41) is 19.3. The minimum Gasteiger partial charge on any atom is -0.321 e. The van der Waals surface area contributed by atoms with E-state index in [0.717, 1.165) is 31.8 Å². The molecule has 5 nitrogen and oxygen atoms in total. The van der Waals surface area contributed by atoms with Gasteiger partial charge in [-0.05, 0) is 13.0 Å². The fraction of sp³-hybridized carbons (Fsp3) is 0.667. The molecule has 0 atom stereocenters. The first-order valence-corrected chi connectivity index (χ1v) is 4.75. The molecule has 1 aromatic heterocycles. The predicted octanol–water partition coefficient (Wildman–Crippen LogP) is 0.251. The molecule has 0 radical (unpaired) electrons. The Morgan fingerprint density at radius 1 is 1.57 bits per heavy atom. The fourth-order valence-corrected chi connectivity index (χ4v) is 1.15. The largest absolute Gasteiger partial charge is 0.321 e. The van der Waals surface area contributed by atoms with Gasteiger partial charge >= 0.3 is 0 Å². The molecule has 5 heteroatoms. The molecule has 1 rings (SSSR count). The zero-order valence-corrected chi connectivity index (χ0v) is 8.40. The Labute approximate surface area is 83.8 Å². The first kappa shape index (κ1) is 10.7. The maximum absolute atomic E-state index is 8.31. The zero-order valence-electron chi connectivity index (χ0n) is 8.40. The molecule has 76 valence electrons. The highest BCUT2D eigenvalue weighted by molar-refractivity contribution is 4.84. The first-order chi connectivity index (χ1) is 6.84. The van der Waals surface area contributed by atoms with Crippen molar-refractivity contribution < 1.29 is 0 Å². The van der Waals surface area contributed by atoms with Crippen LogP contribution in [-0.2, 0) is 13.5 Å². The number of nitriles is 1. The van der Waals surface area contributed by atoms with E-state index in [4.69, 9.17) is 5.26 Å². The Kier molecular flexibility index (Phi) is 4.65. The summed E-state index contributed by atoms with van der Waals surface area (Å²) in [6.45, 7) is 1.78. The lowest BCUT2D eigenvalue weighted by molar-refractivity contribution is 0.633. The molecule has 0 spiro atoms. The Balaban J connectivity index is 2.05. The van der Waals surface area contributed by atoms with Gasteiger partial charge in [-0.15, -0.1) is 10.2 Å². The van der Waals surface area contributed by atoms with E-state index in [2.05, 4.69) is 21.6 Å². The number of aromatic nitrogens is 3. The summed E-state index contributed by atoms with van der Waals surface area (Å²) in [5.41, 5.74) is 0. The van der Waals surface area contributed by atoms with Crippen LogP contribution in [0.15, 0.2) is 6.33 Å². The molecule has 0 aliphatic rings. The maximum atomic E-state index is 8.31. The van der Waals surface area contributed by atoms with Crippen molar-refractivity contribution in [3.63, 3.8) is 0 Å². The third-order valence-electron chi connectivity index (χ3n) is 1.97. The summed E-state index contributed by atoms with van der Waals surface area (Å²) < 4.78 is 1.91. The van der Waals surface area contributed by atoms with Crippen LogP contribution in [0.2, 0.25) is 0 Å². The predicted molar refractivity (Wildman–Crippen MR) is 52.4 cm³/mol. The smallest absolute Gasteiger partial charge is 0.133 e. The number of nitrogens with zero attached hydrogens (tertiary/aromatic N) is 4. The van der Waals surface area contributed by atoms with Gasteiger partial charge in [0.25, 0.3) is 0 Å². The SMILES string of the molecule is Cn1cnnc1CCNCCCC#N. The van der Waals surface area contributed by atoms with Crippen molar-refractivity contribution >= 4 is 0 Å². The normalized spacial score (nSPS) is 10.0. The van der Waals surface area contributed by atoms with E-state index in [9.17, 15) is 0 Å². The summed E-state index contributed by atoms with van der Waals surface area (Å²) in [4.78, 5) is 0. The number of hydrogen-bond donors (Lipinski definition) is 1. The molecule has 0 bridgehead atoms. The van der Waals surface area contributed by atoms with Crippen LogP contribution in [-0.4, -0.2) is 27.9 Å². The molecule has 1 heterocycles. The lowest BCUT2D eigenvalue weighted by Crippen LogP contribution is -2.19. The number of hydrogen-bond acceptors (Lipinski definition) is 4. The molecule has 0 unspecified atom stereocenters. The van der Waals surface area contributed by atoms with Crippen molar-refractivity contribution in [2.75, 3.05) is 13.1 Å². The van der Waals surface area contributed by atoms with Crippen LogP contribution >= 0.6 is 0 Å². The van der Waals surface area contributed by atoms with E-state index in [1.54, 1.807) is 6.33 Å². The second-order valence-electron chi connectivity index (χ2n) is 3.12. The summed E-state index contributed by atoms with van der Waals surface area (Å²) in [6.07, 6.45) is 4.11. The Hall–Kier alpha value is -1.41. The summed E-state index contributed by atoms with van der Waals surface area (Å²) in [5.74, 6) is 0.984. The average Bonchev–Trinajstić information content (AvgIpc) is 2.58. The molecule has 14 heavy (non-hydrogen) atoms. The monoisotopic (exact) mass is 193 g/mol. The fourth-order valence-electron chi connectivity index (χ4n) is 1.15. The second kappa shape index (κ2) is 6.11. The van der Waals surface area contributed by atoms with Gasteiger partial charge in [0.2, 0.25) is 0 Å². The van der Waals surface area contributed by atoms with Crippen LogP contribution in [0.4, 0.5) is 0 Å². The first-order valence-electron chi connectivity index (χ1n) is 4.75. The van der Waals surface area contributed by atoms with Gasteiger partial charge in [-0.3, -0.25) is 0 Å². The number of aryl methyl sites for hydroxylation is 1. The summed E-state index contributed by atoms with van der Waals surface area (Å²) >= 11 is 0. The molecule has 0 amide bonds. The van der Waals surface area contributed by atoms with E-state index in [1.165, 1.54) is 0 Å². The van der Waals surface area contributed by atoms with E-state index in [1.807, 2.05) is 11.6 Å². The van der Waals surface area contributed by atoms with Crippen LogP contribution in [0.3, 0.4) is 0 Å². The number of unbranched alkanes of at least 4 members (excludes halogenated alkanes) is 1. The Morgan fingerprint density at radius 2 is 2.43 bits per heavy atom. The van der Waals surface area contributed by atoms with Crippen molar-refractivity contribution in [3.8, 4) is 6.07 Å². The third kappa shape index (κ3) is 3.54. The van der Waals surface area contributed by atoms with Gasteiger partial charge < -0.3 is 9.88 Å². The summed E-state index contributed by atoms with van der Waals surface area (Å²) in [6, 6.07) is 2.11. The molecule has 0 saturated heterocycles. The van der Waals surface area contributed by atoms with Crippen molar-refractivity contribution in [3.05, 3.63) is 12.2 Å². The molecule has 1 N–H and O–H groups in total. The van der Waals surface area contributed by atoms with Crippen molar-refractivity contribution in [1.29, 1.82) is 5.26 Å². The van der Waals surface area contributed by atoms with E-state index >= 15 is 0 Å². The highest BCUT2D eigenvalue weighted by Crippen LogP contribution is 1.91. The van der Waals surface area contributed by atoms with Crippen molar-refractivity contribution in [2.45, 2.75) is 19.3 Å².